The van der Waals surface area contributed by atoms with Gasteiger partial charge in [-0.1, -0.05) is 92.7 Å². The quantitative estimate of drug-likeness (QED) is 0.0625. The van der Waals surface area contributed by atoms with Crippen LogP contribution < -0.4 is 27.0 Å². The molecule has 0 bridgehead atoms. The van der Waals surface area contributed by atoms with E-state index in [1.54, 1.807) is 48.8 Å². The van der Waals surface area contributed by atoms with E-state index in [9.17, 15) is 29.1 Å². The Balaban J connectivity index is 1.39. The lowest BCUT2D eigenvalue weighted by Gasteiger charge is -2.27. The van der Waals surface area contributed by atoms with Crippen LogP contribution in [-0.2, 0) is 49.7 Å². The lowest BCUT2D eigenvalue weighted by atomic mass is 9.99. The average molecular weight is 749 g/mol. The molecule has 288 valence electrons. The molecule has 0 radical (unpaired) electrons. The number of benzene rings is 3. The maximum absolute atomic E-state index is 14.3. The van der Waals surface area contributed by atoms with Crippen molar-refractivity contribution in [3.8, 4) is 0 Å². The van der Waals surface area contributed by atoms with Gasteiger partial charge in [0.2, 0.25) is 23.6 Å². The Morgan fingerprint density at radius 2 is 1.18 bits per heavy atom. The van der Waals surface area contributed by atoms with E-state index in [-0.39, 0.29) is 38.0 Å². The second-order valence-corrected chi connectivity index (χ2v) is 14.0. The molecule has 2 aromatic heterocycles. The Morgan fingerprint density at radius 3 is 1.76 bits per heavy atom. The molecule has 55 heavy (non-hydrogen) atoms. The largest absolute Gasteiger partial charge is 0.480 e. The van der Waals surface area contributed by atoms with Gasteiger partial charge in [0, 0.05) is 49.0 Å². The highest BCUT2D eigenvalue weighted by molar-refractivity contribution is 5.96. The fourth-order valence-electron chi connectivity index (χ4n) is 6.36. The van der Waals surface area contributed by atoms with Crippen molar-refractivity contribution >= 4 is 40.5 Å². The molecule has 9 N–H and O–H groups in total. The van der Waals surface area contributed by atoms with E-state index >= 15 is 0 Å². The number of nitrogens with zero attached hydrogens (tertiary/aromatic N) is 1. The van der Waals surface area contributed by atoms with Gasteiger partial charge in [-0.3, -0.25) is 19.2 Å². The van der Waals surface area contributed by atoms with Crippen LogP contribution in [0.4, 0.5) is 0 Å². The van der Waals surface area contributed by atoms with Crippen LogP contribution in [0.25, 0.3) is 10.9 Å². The number of imidazole rings is 1. The maximum Gasteiger partial charge on any atom is 0.326 e. The van der Waals surface area contributed by atoms with Crippen LogP contribution in [0.5, 0.6) is 0 Å². The summed E-state index contributed by atoms with van der Waals surface area (Å²) in [7, 11) is 0. The summed E-state index contributed by atoms with van der Waals surface area (Å²) in [6.45, 7) is 3.81. The number of carbonyl (C=O) groups is 5. The molecule has 0 saturated carbocycles. The Kier molecular flexibility index (Phi) is 13.9. The van der Waals surface area contributed by atoms with Crippen molar-refractivity contribution in [3.05, 3.63) is 126 Å². The number of H-pyrrole nitrogens is 2. The van der Waals surface area contributed by atoms with Crippen LogP contribution in [0.3, 0.4) is 0 Å². The third-order valence-corrected chi connectivity index (χ3v) is 9.21. The number of hydrogen-bond donors (Lipinski definition) is 8. The molecule has 2 heterocycles. The molecule has 3 aromatic carbocycles. The molecular weight excluding hydrogens is 701 g/mol. The van der Waals surface area contributed by atoms with Crippen molar-refractivity contribution in [3.63, 3.8) is 0 Å². The van der Waals surface area contributed by atoms with Gasteiger partial charge in [-0.2, -0.15) is 0 Å². The Morgan fingerprint density at radius 1 is 0.655 bits per heavy atom. The molecule has 5 rings (SSSR count). The smallest absolute Gasteiger partial charge is 0.326 e. The minimum absolute atomic E-state index is 0.0117. The van der Waals surface area contributed by atoms with Crippen LogP contribution in [0.15, 0.2) is 104 Å². The number of nitrogens with two attached hydrogens (primary N) is 1. The highest BCUT2D eigenvalue weighted by Crippen LogP contribution is 2.20. The zero-order valence-corrected chi connectivity index (χ0v) is 30.8. The zero-order chi connectivity index (χ0) is 39.3. The number of carboxylic acid groups (broad SMARTS) is 1. The van der Waals surface area contributed by atoms with Gasteiger partial charge in [-0.05, 0) is 35.1 Å². The summed E-state index contributed by atoms with van der Waals surface area (Å²) in [6, 6.07) is 19.8. The predicted octanol–water partition coefficient (Wildman–Crippen LogP) is 2.56. The molecule has 0 aliphatic rings. The number of aliphatic carboxylic acids is 1. The van der Waals surface area contributed by atoms with Gasteiger partial charge in [0.1, 0.15) is 24.2 Å². The standard InChI is InChI=1S/C41H48N8O6/c1-25(2)17-33(46-37(50)31(42)21-29-23-43-24-45-29)38(51)47-34(18-26-11-5-3-6-12-26)39(52)48-35(20-28-22-44-32-16-10-9-15-30(28)32)40(53)49-36(41(54)55)19-27-13-7-4-8-14-27/h3-16,22-25,31,33-36,44H,17-21,42H2,1-2H3,(H,43,45)(H,46,50)(H,47,51)(H,48,52)(H,49,53)(H,54,55)/t31-,33-,34-,35-,36-/m0/s1. The molecule has 0 aliphatic heterocycles. The lowest BCUT2D eigenvalue weighted by Crippen LogP contribution is -2.59. The summed E-state index contributed by atoms with van der Waals surface area (Å²) < 4.78 is 0. The summed E-state index contributed by atoms with van der Waals surface area (Å²) in [5, 5.41) is 22.0. The molecule has 0 spiro atoms. The van der Waals surface area contributed by atoms with Gasteiger partial charge >= 0.3 is 5.97 Å². The van der Waals surface area contributed by atoms with E-state index in [2.05, 4.69) is 36.2 Å². The number of carbonyl (C=O) groups excluding carboxylic acids is 4. The van der Waals surface area contributed by atoms with E-state index in [4.69, 9.17) is 5.73 Å². The number of nitrogens with one attached hydrogen (secondary N) is 6. The number of aromatic amines is 2. The van der Waals surface area contributed by atoms with Gasteiger partial charge in [-0.25, -0.2) is 9.78 Å². The van der Waals surface area contributed by atoms with Gasteiger partial charge < -0.3 is 42.1 Å². The first-order valence-corrected chi connectivity index (χ1v) is 18.3. The summed E-state index contributed by atoms with van der Waals surface area (Å²) in [5.41, 5.74) is 9.76. The van der Waals surface area contributed by atoms with E-state index in [1.807, 2.05) is 62.4 Å². The molecule has 14 heteroatoms. The van der Waals surface area contributed by atoms with Crippen molar-refractivity contribution < 1.29 is 29.1 Å². The predicted molar refractivity (Wildman–Crippen MR) is 207 cm³/mol. The first-order chi connectivity index (χ1) is 26.5. The van der Waals surface area contributed by atoms with Crippen LogP contribution >= 0.6 is 0 Å². The van der Waals surface area contributed by atoms with Crippen molar-refractivity contribution in [1.82, 2.24) is 36.2 Å². The molecule has 0 aliphatic carbocycles. The maximum atomic E-state index is 14.3. The highest BCUT2D eigenvalue weighted by atomic mass is 16.4. The van der Waals surface area contributed by atoms with E-state index in [0.717, 1.165) is 22.0 Å². The fraction of sp³-hybridized carbons (Fsp3) is 0.317. The first-order valence-electron chi connectivity index (χ1n) is 18.3. The molecule has 0 fully saturated rings. The van der Waals surface area contributed by atoms with Crippen molar-refractivity contribution in [1.29, 1.82) is 0 Å². The number of rotatable bonds is 19. The van der Waals surface area contributed by atoms with E-state index in [0.29, 0.717) is 11.3 Å². The summed E-state index contributed by atoms with van der Waals surface area (Å²) in [4.78, 5) is 77.9. The number of fused-ring (bicyclic) bond motifs is 1. The minimum atomic E-state index is -1.28. The van der Waals surface area contributed by atoms with Crippen molar-refractivity contribution in [2.75, 3.05) is 0 Å². The number of aromatic nitrogens is 3. The fourth-order valence-corrected chi connectivity index (χ4v) is 6.36. The second kappa shape index (κ2) is 19.2. The summed E-state index contributed by atoms with van der Waals surface area (Å²) in [5.74, 6) is -3.77. The van der Waals surface area contributed by atoms with Crippen LogP contribution in [0.2, 0.25) is 0 Å². The van der Waals surface area contributed by atoms with Gasteiger partial charge in [0.05, 0.1) is 18.1 Å². The van der Waals surface area contributed by atoms with Crippen molar-refractivity contribution in [2.45, 2.75) is 76.2 Å². The van der Waals surface area contributed by atoms with Crippen LogP contribution in [0.1, 0.15) is 42.7 Å². The highest BCUT2D eigenvalue weighted by Gasteiger charge is 2.33. The van der Waals surface area contributed by atoms with E-state index in [1.165, 1.54) is 6.33 Å². The SMILES string of the molecule is CC(C)C[C@H](NC(=O)[C@@H](N)Cc1c[nH]cn1)C(=O)N[C@@H](Cc1ccccc1)C(=O)N[C@@H](Cc1c[nH]c2ccccc12)C(=O)N[C@@H](Cc1ccccc1)C(=O)O. The molecule has 4 amide bonds. The van der Waals surface area contributed by atoms with Crippen molar-refractivity contribution in [2.24, 2.45) is 11.7 Å². The molecule has 0 saturated heterocycles. The summed E-state index contributed by atoms with van der Waals surface area (Å²) >= 11 is 0. The second-order valence-electron chi connectivity index (χ2n) is 14.0. The minimum Gasteiger partial charge on any atom is -0.480 e. The lowest BCUT2D eigenvalue weighted by molar-refractivity contribution is -0.142. The monoisotopic (exact) mass is 748 g/mol. The molecular formula is C41H48N8O6. The van der Waals surface area contributed by atoms with Gasteiger partial charge in [0.15, 0.2) is 0 Å². The molecule has 5 atom stereocenters. The topological polar surface area (TPSA) is 224 Å². The van der Waals surface area contributed by atoms with Gasteiger partial charge in [0.25, 0.3) is 0 Å². The average Bonchev–Trinajstić information content (AvgIpc) is 3.84. The Labute approximate surface area is 319 Å². The molecule has 5 aromatic rings. The van der Waals surface area contributed by atoms with Crippen LogP contribution in [0, 0.1) is 5.92 Å². The third kappa shape index (κ3) is 11.6. The molecule has 14 nitrogen and oxygen atoms in total. The number of para-hydroxylation sites is 1. The molecule has 0 unspecified atom stereocenters. The normalized spacial score (nSPS) is 14.0. The summed E-state index contributed by atoms with van der Waals surface area (Å²) in [6.07, 6.45) is 5.38. The first kappa shape index (κ1) is 39.9. The Bertz CT molecular complexity index is 2030. The number of carboxylic acids is 1. The van der Waals surface area contributed by atoms with Gasteiger partial charge in [-0.15, -0.1) is 0 Å². The van der Waals surface area contributed by atoms with Crippen LogP contribution in [-0.4, -0.2) is 79.9 Å². The number of amides is 4. The van der Waals surface area contributed by atoms with E-state index < -0.39 is 59.8 Å². The zero-order valence-electron chi connectivity index (χ0n) is 30.8. The third-order valence-electron chi connectivity index (χ3n) is 9.21. The Hall–Kier alpha value is -6.28. The number of hydrogen-bond acceptors (Lipinski definition) is 7.